The number of aromatic nitrogens is 2. The van der Waals surface area contributed by atoms with Crippen LogP contribution in [0.15, 0.2) is 40.0 Å². The Labute approximate surface area is 263 Å². The summed E-state index contributed by atoms with van der Waals surface area (Å²) in [5, 5.41) is 34.3. The van der Waals surface area contributed by atoms with E-state index < -0.39 is 23.5 Å². The van der Waals surface area contributed by atoms with E-state index in [1.807, 2.05) is 0 Å². The number of aliphatic hydroxyl groups excluding tert-OH is 3. The van der Waals surface area contributed by atoms with Crippen molar-refractivity contribution < 1.29 is 29.4 Å². The number of aliphatic hydroxyl groups is 3. The highest BCUT2D eigenvalue weighted by Gasteiger charge is 2.58. The third-order valence-electron chi connectivity index (χ3n) is 11.6. The summed E-state index contributed by atoms with van der Waals surface area (Å²) in [7, 11) is 0. The van der Waals surface area contributed by atoms with Gasteiger partial charge >= 0.3 is 5.97 Å². The van der Waals surface area contributed by atoms with Crippen LogP contribution in [-0.2, 0) is 21.4 Å². The lowest BCUT2D eigenvalue weighted by Crippen LogP contribution is -2.37. The van der Waals surface area contributed by atoms with E-state index in [0.29, 0.717) is 42.3 Å². The van der Waals surface area contributed by atoms with Gasteiger partial charge in [0, 0.05) is 12.8 Å². The molecule has 0 amide bonds. The smallest absolute Gasteiger partial charge is 0.311 e. The summed E-state index contributed by atoms with van der Waals surface area (Å²) in [6.07, 6.45) is 14.7. The van der Waals surface area contributed by atoms with Gasteiger partial charge in [-0.15, -0.1) is 0 Å². The number of nitrogens with zero attached hydrogens (tertiary/aromatic N) is 2. The van der Waals surface area contributed by atoms with E-state index in [0.717, 1.165) is 62.5 Å². The first-order valence-corrected chi connectivity index (χ1v) is 17.1. The summed E-state index contributed by atoms with van der Waals surface area (Å²) in [6.45, 7) is 12.5. The highest BCUT2D eigenvalue weighted by molar-refractivity contribution is 5.72. The largest absolute Gasteiger partial charge is 0.461 e. The van der Waals surface area contributed by atoms with Crippen molar-refractivity contribution in [3.63, 3.8) is 0 Å². The molecule has 4 fully saturated rings. The molecule has 1 unspecified atom stereocenters. The van der Waals surface area contributed by atoms with Crippen molar-refractivity contribution >= 4 is 5.97 Å². The molecule has 244 valence electrons. The second-order valence-corrected chi connectivity index (χ2v) is 14.6. The molecule has 3 N–H and O–H groups in total. The lowest BCUT2D eigenvalue weighted by molar-refractivity contribution is -0.157. The van der Waals surface area contributed by atoms with Gasteiger partial charge in [0.15, 0.2) is 5.82 Å². The second kappa shape index (κ2) is 13.6. The van der Waals surface area contributed by atoms with Crippen molar-refractivity contribution in [1.82, 2.24) is 10.1 Å². The van der Waals surface area contributed by atoms with Gasteiger partial charge in [0.1, 0.15) is 6.10 Å². The maximum atomic E-state index is 12.9. The predicted molar refractivity (Wildman–Crippen MR) is 168 cm³/mol. The van der Waals surface area contributed by atoms with Crippen molar-refractivity contribution in [3.8, 4) is 0 Å². The first-order valence-electron chi connectivity index (χ1n) is 17.1. The monoisotopic (exact) mass is 610 g/mol. The Morgan fingerprint density at radius 3 is 2.66 bits per heavy atom. The minimum Gasteiger partial charge on any atom is -0.461 e. The van der Waals surface area contributed by atoms with Crippen LogP contribution in [-0.4, -0.2) is 56.3 Å². The zero-order valence-corrected chi connectivity index (χ0v) is 27.3. The maximum Gasteiger partial charge on any atom is 0.311 e. The van der Waals surface area contributed by atoms with Crippen LogP contribution in [0.1, 0.15) is 116 Å². The molecule has 4 aliphatic carbocycles. The Balaban J connectivity index is 1.29. The highest BCUT2D eigenvalue weighted by atomic mass is 16.5. The molecule has 0 bridgehead atoms. The van der Waals surface area contributed by atoms with E-state index in [-0.39, 0.29) is 24.1 Å². The topological polar surface area (TPSA) is 126 Å². The zero-order chi connectivity index (χ0) is 31.6. The summed E-state index contributed by atoms with van der Waals surface area (Å²) >= 11 is 0. The average Bonchev–Trinajstić information content (AvgIpc) is 3.52. The van der Waals surface area contributed by atoms with Crippen molar-refractivity contribution in [2.24, 2.45) is 29.1 Å². The molecular weight excluding hydrogens is 556 g/mol. The predicted octanol–water partition coefficient (Wildman–Crippen LogP) is 6.15. The number of hydrogen-bond donors (Lipinski definition) is 3. The van der Waals surface area contributed by atoms with Crippen LogP contribution in [0, 0.1) is 29.1 Å². The Kier molecular flexibility index (Phi) is 10.2. The van der Waals surface area contributed by atoms with Crippen LogP contribution < -0.4 is 0 Å². The minimum absolute atomic E-state index is 0.209. The van der Waals surface area contributed by atoms with Gasteiger partial charge in [0.05, 0.1) is 30.1 Å². The fourth-order valence-electron chi connectivity index (χ4n) is 8.66. The number of rotatable bonds is 12. The molecule has 0 spiro atoms. The number of carbonyl (C=O) groups excluding carboxylic acids is 1. The summed E-state index contributed by atoms with van der Waals surface area (Å²) in [6, 6.07) is 0. The normalized spacial score (nSPS) is 33.7. The van der Waals surface area contributed by atoms with Crippen molar-refractivity contribution in [2.45, 2.75) is 135 Å². The molecule has 8 atom stereocenters. The van der Waals surface area contributed by atoms with Gasteiger partial charge < -0.3 is 24.6 Å². The number of hydrogen-bond acceptors (Lipinski definition) is 8. The molecule has 0 aliphatic heterocycles. The SMILES string of the molecule is C=C1C(=CC=C2CCC[C@]3(C)[C@@H]([C@H](C)CC[C@H](OC(=O)C(C)CO)C4(c5nc(CCC)no5)CC4)CC[C@@H]23)C[C@@H](O)C[C@@H]1O. The van der Waals surface area contributed by atoms with Gasteiger partial charge in [0.2, 0.25) is 5.89 Å². The van der Waals surface area contributed by atoms with E-state index in [2.05, 4.69) is 44.7 Å². The molecule has 1 heterocycles. The molecule has 5 rings (SSSR count). The highest BCUT2D eigenvalue weighted by Crippen LogP contribution is 2.60. The standard InChI is InChI=1S/C36H54N2O6/c1-6-8-32-37-34(44-38-32)36(17-18-36)31(43-33(42)23(3)21-39)15-10-22(2)28-13-14-29-25(9-7-16-35(28,29)5)11-12-26-19-27(40)20-30(41)24(26)4/h11-12,22-23,27-31,39-41H,4,6-10,13-21H2,1-3,5H3/t22-,23?,27-,28-,29+,30+,31+,35-/m1/s1. The fourth-order valence-corrected chi connectivity index (χ4v) is 8.66. The fraction of sp³-hybridized carbons (Fsp3) is 0.750. The lowest BCUT2D eigenvalue weighted by atomic mass is 9.60. The third kappa shape index (κ3) is 6.63. The molecule has 8 nitrogen and oxygen atoms in total. The van der Waals surface area contributed by atoms with Gasteiger partial charge in [-0.1, -0.05) is 50.2 Å². The first-order chi connectivity index (χ1) is 21.0. The van der Waals surface area contributed by atoms with Gasteiger partial charge in [-0.3, -0.25) is 4.79 Å². The van der Waals surface area contributed by atoms with E-state index in [4.69, 9.17) is 14.2 Å². The second-order valence-electron chi connectivity index (χ2n) is 14.6. The Bertz CT molecular complexity index is 1250. The molecule has 1 aromatic rings. The van der Waals surface area contributed by atoms with Crippen molar-refractivity contribution in [1.29, 1.82) is 0 Å². The summed E-state index contributed by atoms with van der Waals surface area (Å²) in [5.41, 5.74) is 2.98. The van der Waals surface area contributed by atoms with Gasteiger partial charge in [-0.25, -0.2) is 0 Å². The van der Waals surface area contributed by atoms with Crippen LogP contribution in [0.2, 0.25) is 0 Å². The van der Waals surface area contributed by atoms with E-state index >= 15 is 0 Å². The van der Waals surface area contributed by atoms with Crippen molar-refractivity contribution in [2.75, 3.05) is 6.61 Å². The molecule has 0 radical (unpaired) electrons. The molecule has 44 heavy (non-hydrogen) atoms. The number of aryl methyl sites for hydroxylation is 1. The average molecular weight is 611 g/mol. The van der Waals surface area contributed by atoms with Crippen LogP contribution in [0.3, 0.4) is 0 Å². The number of fused-ring (bicyclic) bond motifs is 1. The van der Waals surface area contributed by atoms with E-state index in [1.165, 1.54) is 24.8 Å². The quantitative estimate of drug-likeness (QED) is 0.241. The molecule has 4 aliphatic rings. The summed E-state index contributed by atoms with van der Waals surface area (Å²) in [4.78, 5) is 17.6. The van der Waals surface area contributed by atoms with Crippen LogP contribution in [0.25, 0.3) is 0 Å². The Morgan fingerprint density at radius 1 is 1.18 bits per heavy atom. The molecule has 4 saturated carbocycles. The molecule has 1 aromatic heterocycles. The van der Waals surface area contributed by atoms with E-state index in [9.17, 15) is 20.1 Å². The van der Waals surface area contributed by atoms with Gasteiger partial charge in [-0.05, 0) is 112 Å². The van der Waals surface area contributed by atoms with Gasteiger partial charge in [0.25, 0.3) is 0 Å². The minimum atomic E-state index is -0.667. The molecule has 0 aromatic carbocycles. The van der Waals surface area contributed by atoms with Crippen LogP contribution in [0.4, 0.5) is 0 Å². The van der Waals surface area contributed by atoms with Crippen LogP contribution in [0.5, 0.6) is 0 Å². The lowest BCUT2D eigenvalue weighted by Gasteiger charge is -2.44. The number of allylic oxidation sites excluding steroid dienone is 3. The number of ether oxygens (including phenoxy) is 1. The summed E-state index contributed by atoms with van der Waals surface area (Å²) in [5.74, 6) is 1.91. The third-order valence-corrected chi connectivity index (χ3v) is 11.6. The van der Waals surface area contributed by atoms with Crippen LogP contribution >= 0.6 is 0 Å². The first kappa shape index (κ1) is 33.1. The number of esters is 1. The zero-order valence-electron chi connectivity index (χ0n) is 27.3. The maximum absolute atomic E-state index is 12.9. The van der Waals surface area contributed by atoms with E-state index in [1.54, 1.807) is 6.92 Å². The Hall–Kier alpha value is -2.29. The van der Waals surface area contributed by atoms with Crippen molar-refractivity contribution in [3.05, 3.63) is 47.2 Å². The molecule has 0 saturated heterocycles. The number of carbonyl (C=O) groups is 1. The molecular formula is C36H54N2O6. The molecule has 8 heteroatoms. The summed E-state index contributed by atoms with van der Waals surface area (Å²) < 4.78 is 11.9. The van der Waals surface area contributed by atoms with Gasteiger partial charge in [-0.2, -0.15) is 4.98 Å². The Morgan fingerprint density at radius 2 is 1.95 bits per heavy atom.